The maximum absolute atomic E-state index is 4.59. The average molecular weight is 306 g/mol. The number of benzene rings is 1. The van der Waals surface area contributed by atoms with Gasteiger partial charge in [-0.2, -0.15) is 0 Å². The summed E-state index contributed by atoms with van der Waals surface area (Å²) < 4.78 is 0. The number of hydrogen-bond donors (Lipinski definition) is 1. The molecule has 2 aromatic rings. The summed E-state index contributed by atoms with van der Waals surface area (Å²) in [7, 11) is 0. The van der Waals surface area contributed by atoms with Gasteiger partial charge in [0.15, 0.2) is 0 Å². The van der Waals surface area contributed by atoms with Crippen LogP contribution in [0.2, 0.25) is 0 Å². The second-order valence-corrected chi connectivity index (χ2v) is 6.78. The summed E-state index contributed by atoms with van der Waals surface area (Å²) in [5.41, 5.74) is 2.54. The number of hydrogen-bond acceptors (Lipinski definition) is 4. The van der Waals surface area contributed by atoms with Crippen molar-refractivity contribution in [3.8, 4) is 0 Å². The van der Waals surface area contributed by atoms with E-state index in [2.05, 4.69) is 60.0 Å². The number of aromatic nitrogens is 1. The van der Waals surface area contributed by atoms with E-state index in [-0.39, 0.29) is 0 Å². The predicted molar refractivity (Wildman–Crippen MR) is 89.8 cm³/mol. The van der Waals surface area contributed by atoms with E-state index in [9.17, 15) is 0 Å². The van der Waals surface area contributed by atoms with Gasteiger partial charge in [0.2, 0.25) is 0 Å². The number of rotatable bonds is 7. The molecule has 4 heteroatoms. The van der Waals surface area contributed by atoms with Crippen molar-refractivity contribution in [1.29, 1.82) is 0 Å². The molecule has 108 valence electrons. The van der Waals surface area contributed by atoms with E-state index in [1.54, 1.807) is 23.1 Å². The molecule has 1 atom stereocenters. The van der Waals surface area contributed by atoms with Gasteiger partial charge in [-0.05, 0) is 43.8 Å². The molecule has 0 aliphatic rings. The normalized spacial score (nSPS) is 12.6. The van der Waals surface area contributed by atoms with Gasteiger partial charge in [-0.15, -0.1) is 23.1 Å². The zero-order chi connectivity index (χ0) is 14.4. The number of nitrogens with one attached hydrogen (secondary N) is 1. The number of nitrogens with zero attached hydrogens (tertiary/aromatic N) is 1. The Kier molecular flexibility index (Phi) is 6.07. The van der Waals surface area contributed by atoms with Gasteiger partial charge in [0.1, 0.15) is 0 Å². The van der Waals surface area contributed by atoms with Crippen LogP contribution in [0.15, 0.2) is 34.5 Å². The first-order valence-electron chi connectivity index (χ1n) is 7.01. The van der Waals surface area contributed by atoms with E-state index in [1.807, 2.05) is 0 Å². The van der Waals surface area contributed by atoms with E-state index in [4.69, 9.17) is 0 Å². The largest absolute Gasteiger partial charge is 0.310 e. The number of aryl methyl sites for hydroxylation is 1. The molecule has 0 bridgehead atoms. The Morgan fingerprint density at radius 3 is 2.60 bits per heavy atom. The summed E-state index contributed by atoms with van der Waals surface area (Å²) in [6.45, 7) is 5.31. The molecule has 0 amide bonds. The fourth-order valence-corrected chi connectivity index (χ4v) is 3.21. The molecule has 1 aromatic heterocycles. The highest BCUT2D eigenvalue weighted by atomic mass is 32.2. The monoisotopic (exact) mass is 306 g/mol. The minimum atomic E-state index is 0.354. The molecule has 0 aliphatic heterocycles. The highest BCUT2D eigenvalue weighted by Crippen LogP contribution is 2.22. The molecular formula is C16H22N2S2. The minimum absolute atomic E-state index is 0.354. The van der Waals surface area contributed by atoms with Gasteiger partial charge in [-0.3, -0.25) is 0 Å². The Bertz CT molecular complexity index is 520. The Morgan fingerprint density at radius 2 is 2.05 bits per heavy atom. The lowest BCUT2D eigenvalue weighted by Gasteiger charge is -2.18. The molecule has 0 saturated heterocycles. The topological polar surface area (TPSA) is 24.9 Å². The van der Waals surface area contributed by atoms with Gasteiger partial charge in [0.05, 0.1) is 10.7 Å². The van der Waals surface area contributed by atoms with Gasteiger partial charge in [0.25, 0.3) is 0 Å². The Balaban J connectivity index is 2.12. The highest BCUT2D eigenvalue weighted by Gasteiger charge is 2.13. The summed E-state index contributed by atoms with van der Waals surface area (Å²) in [4.78, 5) is 5.90. The van der Waals surface area contributed by atoms with Crippen LogP contribution in [0, 0.1) is 6.92 Å². The summed E-state index contributed by atoms with van der Waals surface area (Å²) in [5.74, 6) is 0. The third-order valence-corrected chi connectivity index (χ3v) is 4.80. The molecular weight excluding hydrogens is 284 g/mol. The maximum atomic E-state index is 4.59. The van der Waals surface area contributed by atoms with Crippen molar-refractivity contribution >= 4 is 23.1 Å². The highest BCUT2D eigenvalue weighted by molar-refractivity contribution is 7.98. The SMILES string of the molecule is CCCNC(Cc1csc(C)n1)c1ccc(SC)cc1. The molecule has 20 heavy (non-hydrogen) atoms. The lowest BCUT2D eigenvalue weighted by atomic mass is 10.0. The van der Waals surface area contributed by atoms with E-state index in [0.29, 0.717) is 6.04 Å². The van der Waals surface area contributed by atoms with Crippen LogP contribution in [0.5, 0.6) is 0 Å². The van der Waals surface area contributed by atoms with Gasteiger partial charge in [0, 0.05) is 22.7 Å². The second kappa shape index (κ2) is 7.81. The zero-order valence-corrected chi connectivity index (χ0v) is 14.0. The van der Waals surface area contributed by atoms with Crippen LogP contribution < -0.4 is 5.32 Å². The van der Waals surface area contributed by atoms with Crippen LogP contribution in [-0.4, -0.2) is 17.8 Å². The van der Waals surface area contributed by atoms with Crippen LogP contribution in [0.1, 0.15) is 35.7 Å². The van der Waals surface area contributed by atoms with Crippen molar-refractivity contribution in [1.82, 2.24) is 10.3 Å². The molecule has 0 spiro atoms. The summed E-state index contributed by atoms with van der Waals surface area (Å²) in [6, 6.07) is 9.23. The van der Waals surface area contributed by atoms with Crippen molar-refractivity contribution in [3.63, 3.8) is 0 Å². The number of thioether (sulfide) groups is 1. The molecule has 0 fully saturated rings. The van der Waals surface area contributed by atoms with Crippen LogP contribution in [0.4, 0.5) is 0 Å². The van der Waals surface area contributed by atoms with E-state index in [0.717, 1.165) is 24.4 Å². The molecule has 2 rings (SSSR count). The van der Waals surface area contributed by atoms with E-state index >= 15 is 0 Å². The molecule has 0 saturated carbocycles. The summed E-state index contributed by atoms with van der Waals surface area (Å²) >= 11 is 3.51. The fraction of sp³-hybridized carbons (Fsp3) is 0.438. The number of thiazole rings is 1. The van der Waals surface area contributed by atoms with Crippen molar-refractivity contribution in [2.75, 3.05) is 12.8 Å². The standard InChI is InChI=1S/C16H22N2S2/c1-4-9-17-16(10-14-11-20-12(2)18-14)13-5-7-15(19-3)8-6-13/h5-8,11,16-17H,4,9-10H2,1-3H3. The second-order valence-electron chi connectivity index (χ2n) is 4.84. The van der Waals surface area contributed by atoms with Crippen molar-refractivity contribution in [2.45, 2.75) is 37.6 Å². The third kappa shape index (κ3) is 4.33. The van der Waals surface area contributed by atoms with Crippen molar-refractivity contribution in [2.24, 2.45) is 0 Å². The van der Waals surface area contributed by atoms with E-state index < -0.39 is 0 Å². The van der Waals surface area contributed by atoms with Crippen LogP contribution in [-0.2, 0) is 6.42 Å². The molecule has 0 aliphatic carbocycles. The molecule has 1 N–H and O–H groups in total. The van der Waals surface area contributed by atoms with Gasteiger partial charge in [-0.25, -0.2) is 4.98 Å². The van der Waals surface area contributed by atoms with Crippen molar-refractivity contribution in [3.05, 3.63) is 45.9 Å². The van der Waals surface area contributed by atoms with Crippen molar-refractivity contribution < 1.29 is 0 Å². The first kappa shape index (κ1) is 15.5. The van der Waals surface area contributed by atoms with Gasteiger partial charge < -0.3 is 5.32 Å². The Hall–Kier alpha value is -0.840. The zero-order valence-electron chi connectivity index (χ0n) is 12.3. The predicted octanol–water partition coefficient (Wildman–Crippen LogP) is 4.46. The lowest BCUT2D eigenvalue weighted by Crippen LogP contribution is -2.24. The first-order valence-corrected chi connectivity index (χ1v) is 9.11. The van der Waals surface area contributed by atoms with E-state index in [1.165, 1.54) is 16.2 Å². The Morgan fingerprint density at radius 1 is 1.30 bits per heavy atom. The summed E-state index contributed by atoms with van der Waals surface area (Å²) in [6.07, 6.45) is 4.22. The van der Waals surface area contributed by atoms with Gasteiger partial charge in [-0.1, -0.05) is 19.1 Å². The maximum Gasteiger partial charge on any atom is 0.0897 e. The fourth-order valence-electron chi connectivity index (χ4n) is 2.17. The third-order valence-electron chi connectivity index (χ3n) is 3.24. The lowest BCUT2D eigenvalue weighted by molar-refractivity contribution is 0.525. The summed E-state index contributed by atoms with van der Waals surface area (Å²) in [5, 5.41) is 6.96. The minimum Gasteiger partial charge on any atom is -0.310 e. The smallest absolute Gasteiger partial charge is 0.0897 e. The first-order chi connectivity index (χ1) is 9.72. The molecule has 1 aromatic carbocycles. The molecule has 1 unspecified atom stereocenters. The van der Waals surface area contributed by atoms with Crippen LogP contribution in [0.25, 0.3) is 0 Å². The Labute approximate surface area is 130 Å². The molecule has 0 radical (unpaired) electrons. The average Bonchev–Trinajstić information content (AvgIpc) is 2.89. The van der Waals surface area contributed by atoms with Crippen LogP contribution in [0.3, 0.4) is 0 Å². The van der Waals surface area contributed by atoms with Crippen LogP contribution >= 0.6 is 23.1 Å². The quantitative estimate of drug-likeness (QED) is 0.765. The molecule has 1 heterocycles. The van der Waals surface area contributed by atoms with Gasteiger partial charge >= 0.3 is 0 Å². The molecule has 2 nitrogen and oxygen atoms in total.